The minimum atomic E-state index is -0.664. The average molecular weight is 325 g/mol. The van der Waals surface area contributed by atoms with Crippen LogP contribution in [0.25, 0.3) is 0 Å². The molecule has 0 aliphatic rings. The Morgan fingerprint density at radius 1 is 0.762 bits per heavy atom. The molecule has 0 fully saturated rings. The molecule has 0 radical (unpaired) electrons. The standard InChI is InChI=1S/C18H34O2.Ca.2H/c1-2-3-4-5-6-7-8-9-10-11-12-13-14-15-16-17-18(19)20;;;/h9-10H,2-8,11-17H2,1H3,(H,19,20);;;/b10-9-;;;. The fourth-order valence-corrected chi connectivity index (χ4v) is 2.35. The van der Waals surface area contributed by atoms with Crippen molar-refractivity contribution in [1.29, 1.82) is 0 Å². The van der Waals surface area contributed by atoms with Gasteiger partial charge in [-0.05, 0) is 32.1 Å². The molecule has 0 amide bonds. The van der Waals surface area contributed by atoms with Crippen molar-refractivity contribution in [2.45, 2.75) is 96.8 Å². The van der Waals surface area contributed by atoms with Crippen LogP contribution in [0.15, 0.2) is 12.2 Å². The summed E-state index contributed by atoms with van der Waals surface area (Å²) in [7, 11) is 0. The van der Waals surface area contributed by atoms with E-state index in [9.17, 15) is 4.79 Å². The average Bonchev–Trinajstić information content (AvgIpc) is 2.43. The Morgan fingerprint density at radius 2 is 1.19 bits per heavy atom. The van der Waals surface area contributed by atoms with E-state index in [0.717, 1.165) is 12.8 Å². The summed E-state index contributed by atoms with van der Waals surface area (Å²) in [5.74, 6) is -0.664. The summed E-state index contributed by atoms with van der Waals surface area (Å²) in [6.45, 7) is 2.26. The number of aliphatic carboxylic acids is 1. The van der Waals surface area contributed by atoms with Gasteiger partial charge in [0.1, 0.15) is 0 Å². The molecule has 1 N–H and O–H groups in total. The zero-order valence-electron chi connectivity index (χ0n) is 13.4. The van der Waals surface area contributed by atoms with Crippen LogP contribution in [0.2, 0.25) is 0 Å². The molecule has 0 bridgehead atoms. The number of rotatable bonds is 15. The van der Waals surface area contributed by atoms with Gasteiger partial charge in [0.2, 0.25) is 0 Å². The topological polar surface area (TPSA) is 37.3 Å². The summed E-state index contributed by atoms with van der Waals surface area (Å²) in [5, 5.41) is 8.51. The van der Waals surface area contributed by atoms with Crippen molar-refractivity contribution < 1.29 is 9.90 Å². The van der Waals surface area contributed by atoms with Gasteiger partial charge in [0.25, 0.3) is 0 Å². The molecule has 0 aliphatic heterocycles. The van der Waals surface area contributed by atoms with Gasteiger partial charge in [-0.25, -0.2) is 0 Å². The summed E-state index contributed by atoms with van der Waals surface area (Å²) in [5.41, 5.74) is 0. The number of hydrogen-bond acceptors (Lipinski definition) is 1. The maximum absolute atomic E-state index is 10.3. The maximum atomic E-state index is 10.3. The van der Waals surface area contributed by atoms with Crippen molar-refractivity contribution >= 4 is 43.7 Å². The van der Waals surface area contributed by atoms with Gasteiger partial charge in [-0.15, -0.1) is 0 Å². The summed E-state index contributed by atoms with van der Waals surface area (Å²) >= 11 is 0. The molecule has 2 nitrogen and oxygen atoms in total. The molecule has 0 heterocycles. The van der Waals surface area contributed by atoms with Crippen LogP contribution in [-0.2, 0) is 4.79 Å². The predicted octanol–water partition coefficient (Wildman–Crippen LogP) is 5.19. The van der Waals surface area contributed by atoms with E-state index in [1.165, 1.54) is 70.6 Å². The normalized spacial score (nSPS) is 10.7. The molecule has 0 atom stereocenters. The van der Waals surface area contributed by atoms with Crippen molar-refractivity contribution in [3.05, 3.63) is 12.2 Å². The Labute approximate surface area is 161 Å². The van der Waals surface area contributed by atoms with Gasteiger partial charge in [0, 0.05) is 6.42 Å². The molecule has 21 heavy (non-hydrogen) atoms. The van der Waals surface area contributed by atoms with Crippen LogP contribution in [0.3, 0.4) is 0 Å². The summed E-state index contributed by atoms with van der Waals surface area (Å²) in [6.07, 6.45) is 21.2. The third-order valence-electron chi connectivity index (χ3n) is 3.65. The first kappa shape index (κ1) is 23.7. The number of unbranched alkanes of at least 4 members (excludes halogenated alkanes) is 11. The fourth-order valence-electron chi connectivity index (χ4n) is 2.35. The quantitative estimate of drug-likeness (QED) is 0.256. The number of allylic oxidation sites excluding steroid dienone is 2. The van der Waals surface area contributed by atoms with E-state index in [0.29, 0.717) is 6.42 Å². The van der Waals surface area contributed by atoms with E-state index >= 15 is 0 Å². The molecular formula is C18H36CaO2. The molecule has 0 aromatic rings. The zero-order valence-corrected chi connectivity index (χ0v) is 13.4. The Balaban J connectivity index is 0. The molecular weight excluding hydrogens is 288 g/mol. The van der Waals surface area contributed by atoms with Crippen LogP contribution in [-0.4, -0.2) is 48.8 Å². The van der Waals surface area contributed by atoms with Crippen molar-refractivity contribution in [1.82, 2.24) is 0 Å². The van der Waals surface area contributed by atoms with Gasteiger partial charge < -0.3 is 5.11 Å². The Bertz CT molecular complexity index is 239. The molecule has 0 unspecified atom stereocenters. The number of hydrogen-bond donors (Lipinski definition) is 1. The first-order chi connectivity index (χ1) is 9.77. The van der Waals surface area contributed by atoms with Crippen molar-refractivity contribution in [3.63, 3.8) is 0 Å². The monoisotopic (exact) mass is 324 g/mol. The van der Waals surface area contributed by atoms with Crippen LogP contribution in [0.4, 0.5) is 0 Å². The van der Waals surface area contributed by atoms with Crippen LogP contribution in [0.1, 0.15) is 96.8 Å². The third-order valence-corrected chi connectivity index (χ3v) is 3.65. The molecule has 0 saturated heterocycles. The van der Waals surface area contributed by atoms with Gasteiger partial charge in [-0.3, -0.25) is 4.79 Å². The second-order valence-electron chi connectivity index (χ2n) is 5.73. The molecule has 0 aromatic heterocycles. The van der Waals surface area contributed by atoms with Crippen molar-refractivity contribution in [3.8, 4) is 0 Å². The van der Waals surface area contributed by atoms with Gasteiger partial charge in [0.05, 0.1) is 0 Å². The summed E-state index contributed by atoms with van der Waals surface area (Å²) < 4.78 is 0. The van der Waals surface area contributed by atoms with E-state index < -0.39 is 5.97 Å². The van der Waals surface area contributed by atoms with Gasteiger partial charge in [-0.1, -0.05) is 70.4 Å². The fraction of sp³-hybridized carbons (Fsp3) is 0.833. The number of carbonyl (C=O) groups is 1. The molecule has 0 aliphatic carbocycles. The zero-order chi connectivity index (χ0) is 14.9. The molecule has 0 aromatic carbocycles. The molecule has 0 spiro atoms. The van der Waals surface area contributed by atoms with Gasteiger partial charge in [-0.2, -0.15) is 0 Å². The van der Waals surface area contributed by atoms with E-state index in [2.05, 4.69) is 19.1 Å². The first-order valence-corrected chi connectivity index (χ1v) is 8.64. The van der Waals surface area contributed by atoms with Gasteiger partial charge >= 0.3 is 43.7 Å². The molecule has 122 valence electrons. The van der Waals surface area contributed by atoms with E-state index in [-0.39, 0.29) is 37.7 Å². The predicted molar refractivity (Wildman–Crippen MR) is 95.6 cm³/mol. The second-order valence-corrected chi connectivity index (χ2v) is 5.73. The summed E-state index contributed by atoms with van der Waals surface area (Å²) in [4.78, 5) is 10.3. The molecule has 0 rings (SSSR count). The van der Waals surface area contributed by atoms with E-state index in [1.807, 2.05) is 0 Å². The van der Waals surface area contributed by atoms with Crippen molar-refractivity contribution in [2.24, 2.45) is 0 Å². The summed E-state index contributed by atoms with van der Waals surface area (Å²) in [6, 6.07) is 0. The SMILES string of the molecule is CCCCCCCC/C=C\CCCCCCCC(=O)O.[CaH2]. The van der Waals surface area contributed by atoms with Crippen LogP contribution >= 0.6 is 0 Å². The number of carboxylic acid groups (broad SMARTS) is 1. The van der Waals surface area contributed by atoms with Gasteiger partial charge in [0.15, 0.2) is 0 Å². The van der Waals surface area contributed by atoms with Crippen LogP contribution < -0.4 is 0 Å². The van der Waals surface area contributed by atoms with Crippen LogP contribution in [0, 0.1) is 0 Å². The first-order valence-electron chi connectivity index (χ1n) is 8.64. The second kappa shape index (κ2) is 20.5. The van der Waals surface area contributed by atoms with Crippen molar-refractivity contribution in [2.75, 3.05) is 0 Å². The Hall–Kier alpha value is 0.470. The molecule has 3 heteroatoms. The third kappa shape index (κ3) is 22.9. The molecule has 0 saturated carbocycles. The van der Waals surface area contributed by atoms with Crippen LogP contribution in [0.5, 0.6) is 0 Å². The van der Waals surface area contributed by atoms with E-state index in [1.54, 1.807) is 0 Å². The van der Waals surface area contributed by atoms with E-state index in [4.69, 9.17) is 5.11 Å². The number of carboxylic acids is 1. The minimum absolute atomic E-state index is 0. The Morgan fingerprint density at radius 3 is 1.67 bits per heavy atom. The Kier molecular flexibility index (Phi) is 23.1.